The summed E-state index contributed by atoms with van der Waals surface area (Å²) >= 11 is 0. The lowest BCUT2D eigenvalue weighted by atomic mass is 9.91. The highest BCUT2D eigenvalue weighted by atomic mass is 16.4. The fraction of sp³-hybridized carbons (Fsp3) is 0.929. The van der Waals surface area contributed by atoms with E-state index >= 15 is 0 Å². The summed E-state index contributed by atoms with van der Waals surface area (Å²) in [7, 11) is 0. The van der Waals surface area contributed by atoms with Crippen molar-refractivity contribution in [2.45, 2.75) is 83.7 Å². The van der Waals surface area contributed by atoms with Crippen LogP contribution in [0.25, 0.3) is 0 Å². The van der Waals surface area contributed by atoms with E-state index in [4.69, 9.17) is 5.21 Å². The third-order valence-electron chi connectivity index (χ3n) is 3.22. The molecule has 0 rings (SSSR count). The summed E-state index contributed by atoms with van der Waals surface area (Å²) in [6, 6.07) is 0. The molecular weight excluding hydrogens is 214 g/mol. The van der Waals surface area contributed by atoms with Crippen molar-refractivity contribution in [3.63, 3.8) is 0 Å². The monoisotopic (exact) mass is 243 g/mol. The minimum atomic E-state index is -0.893. The SMILES string of the molecule is CCCCCCCC(O)(C=NO)CCCCC. The van der Waals surface area contributed by atoms with Gasteiger partial charge in [0, 0.05) is 0 Å². The van der Waals surface area contributed by atoms with E-state index in [0.29, 0.717) is 12.8 Å². The lowest BCUT2D eigenvalue weighted by Crippen LogP contribution is -2.30. The number of hydrogen-bond donors (Lipinski definition) is 2. The van der Waals surface area contributed by atoms with Gasteiger partial charge in [-0.3, -0.25) is 0 Å². The number of oxime groups is 1. The summed E-state index contributed by atoms with van der Waals surface area (Å²) in [6.07, 6.45) is 11.9. The fourth-order valence-corrected chi connectivity index (χ4v) is 2.08. The van der Waals surface area contributed by atoms with Gasteiger partial charge < -0.3 is 10.3 Å². The maximum Gasteiger partial charge on any atom is 0.103 e. The molecule has 0 spiro atoms. The number of hydrogen-bond acceptors (Lipinski definition) is 3. The number of aliphatic hydroxyl groups is 1. The first kappa shape index (κ1) is 16.4. The Labute approximate surface area is 106 Å². The molecule has 3 heteroatoms. The van der Waals surface area contributed by atoms with E-state index in [1.54, 1.807) is 0 Å². The molecule has 0 saturated heterocycles. The molecular formula is C14H29NO2. The van der Waals surface area contributed by atoms with Gasteiger partial charge in [-0.25, -0.2) is 0 Å². The second-order valence-electron chi connectivity index (χ2n) is 4.97. The van der Waals surface area contributed by atoms with E-state index in [9.17, 15) is 5.11 Å². The highest BCUT2D eigenvalue weighted by Crippen LogP contribution is 2.21. The van der Waals surface area contributed by atoms with Gasteiger partial charge in [0.05, 0.1) is 6.21 Å². The number of unbranched alkanes of at least 4 members (excludes halogenated alkanes) is 6. The van der Waals surface area contributed by atoms with E-state index in [-0.39, 0.29) is 0 Å². The lowest BCUT2D eigenvalue weighted by molar-refractivity contribution is 0.0882. The van der Waals surface area contributed by atoms with Crippen molar-refractivity contribution in [3.05, 3.63) is 0 Å². The Hall–Kier alpha value is -0.570. The van der Waals surface area contributed by atoms with Crippen LogP contribution in [0.2, 0.25) is 0 Å². The number of nitrogens with zero attached hydrogens (tertiary/aromatic N) is 1. The molecule has 0 saturated carbocycles. The van der Waals surface area contributed by atoms with Crippen molar-refractivity contribution < 1.29 is 10.3 Å². The Morgan fingerprint density at radius 2 is 1.35 bits per heavy atom. The lowest BCUT2D eigenvalue weighted by Gasteiger charge is -2.23. The molecule has 17 heavy (non-hydrogen) atoms. The van der Waals surface area contributed by atoms with E-state index in [2.05, 4.69) is 19.0 Å². The van der Waals surface area contributed by atoms with Crippen LogP contribution in [-0.4, -0.2) is 22.1 Å². The average Bonchev–Trinajstić information content (AvgIpc) is 2.29. The highest BCUT2D eigenvalue weighted by molar-refractivity contribution is 5.67. The topological polar surface area (TPSA) is 52.8 Å². The minimum absolute atomic E-state index is 0.707. The third kappa shape index (κ3) is 9.16. The van der Waals surface area contributed by atoms with Gasteiger partial charge in [0.1, 0.15) is 5.60 Å². The van der Waals surface area contributed by atoms with Gasteiger partial charge in [-0.2, -0.15) is 0 Å². The highest BCUT2D eigenvalue weighted by Gasteiger charge is 2.23. The molecule has 1 atom stereocenters. The molecule has 2 N–H and O–H groups in total. The predicted molar refractivity (Wildman–Crippen MR) is 72.7 cm³/mol. The van der Waals surface area contributed by atoms with E-state index in [0.717, 1.165) is 32.1 Å². The normalized spacial score (nSPS) is 15.2. The zero-order valence-corrected chi connectivity index (χ0v) is 11.5. The summed E-state index contributed by atoms with van der Waals surface area (Å²) in [6.45, 7) is 4.34. The molecule has 1 unspecified atom stereocenters. The van der Waals surface area contributed by atoms with Crippen molar-refractivity contribution in [1.29, 1.82) is 0 Å². The van der Waals surface area contributed by atoms with Crippen LogP contribution >= 0.6 is 0 Å². The van der Waals surface area contributed by atoms with Gasteiger partial charge >= 0.3 is 0 Å². The second-order valence-corrected chi connectivity index (χ2v) is 4.97. The van der Waals surface area contributed by atoms with Crippen LogP contribution in [-0.2, 0) is 0 Å². The summed E-state index contributed by atoms with van der Waals surface area (Å²) < 4.78 is 0. The van der Waals surface area contributed by atoms with Gasteiger partial charge in [-0.05, 0) is 12.8 Å². The summed E-state index contributed by atoms with van der Waals surface area (Å²) in [5, 5.41) is 21.9. The maximum atomic E-state index is 10.3. The van der Waals surface area contributed by atoms with Crippen molar-refractivity contribution in [2.24, 2.45) is 5.16 Å². The Balaban J connectivity index is 3.86. The molecule has 0 radical (unpaired) electrons. The zero-order valence-electron chi connectivity index (χ0n) is 11.5. The first-order chi connectivity index (χ1) is 8.18. The van der Waals surface area contributed by atoms with Crippen molar-refractivity contribution in [3.8, 4) is 0 Å². The van der Waals surface area contributed by atoms with Crippen LogP contribution in [0.1, 0.15) is 78.1 Å². The third-order valence-corrected chi connectivity index (χ3v) is 3.22. The molecule has 0 heterocycles. The molecule has 0 bridgehead atoms. The van der Waals surface area contributed by atoms with E-state index in [1.807, 2.05) is 0 Å². The maximum absolute atomic E-state index is 10.3. The molecule has 0 aliphatic heterocycles. The van der Waals surface area contributed by atoms with Crippen LogP contribution in [0.3, 0.4) is 0 Å². The van der Waals surface area contributed by atoms with Crippen LogP contribution in [0.4, 0.5) is 0 Å². The van der Waals surface area contributed by atoms with Gasteiger partial charge in [-0.15, -0.1) is 0 Å². The Kier molecular flexibility index (Phi) is 10.2. The first-order valence-corrected chi connectivity index (χ1v) is 7.09. The van der Waals surface area contributed by atoms with Crippen molar-refractivity contribution in [1.82, 2.24) is 0 Å². The molecule has 3 nitrogen and oxygen atoms in total. The Morgan fingerprint density at radius 3 is 1.88 bits per heavy atom. The fourth-order valence-electron chi connectivity index (χ4n) is 2.08. The van der Waals surface area contributed by atoms with Gasteiger partial charge in [0.15, 0.2) is 0 Å². The van der Waals surface area contributed by atoms with Crippen molar-refractivity contribution in [2.75, 3.05) is 0 Å². The Morgan fingerprint density at radius 1 is 0.882 bits per heavy atom. The summed E-state index contributed by atoms with van der Waals surface area (Å²) in [5.74, 6) is 0. The largest absolute Gasteiger partial charge is 0.411 e. The van der Waals surface area contributed by atoms with Crippen LogP contribution in [0, 0.1) is 0 Å². The molecule has 0 aromatic rings. The molecule has 0 aromatic heterocycles. The quantitative estimate of drug-likeness (QED) is 0.248. The van der Waals surface area contributed by atoms with E-state index in [1.165, 1.54) is 25.5 Å². The standard InChI is InChI=1S/C14H29NO2/c1-3-5-7-8-10-12-14(16,13-15-17)11-9-6-4-2/h13,16-17H,3-12H2,1-2H3. The molecule has 0 amide bonds. The summed E-state index contributed by atoms with van der Waals surface area (Å²) in [5.41, 5.74) is -0.893. The number of rotatable bonds is 11. The zero-order chi connectivity index (χ0) is 13.0. The van der Waals surface area contributed by atoms with Crippen LogP contribution in [0.5, 0.6) is 0 Å². The molecule has 102 valence electrons. The van der Waals surface area contributed by atoms with Gasteiger partial charge in [0.25, 0.3) is 0 Å². The first-order valence-electron chi connectivity index (χ1n) is 7.09. The van der Waals surface area contributed by atoms with E-state index < -0.39 is 5.60 Å². The van der Waals surface area contributed by atoms with Crippen LogP contribution < -0.4 is 0 Å². The molecule has 0 aliphatic carbocycles. The molecule has 0 fully saturated rings. The molecule has 0 aliphatic rings. The second kappa shape index (κ2) is 10.6. The van der Waals surface area contributed by atoms with Crippen LogP contribution in [0.15, 0.2) is 5.16 Å². The molecule has 0 aromatic carbocycles. The van der Waals surface area contributed by atoms with Crippen molar-refractivity contribution >= 4 is 6.21 Å². The predicted octanol–water partition coefficient (Wildman–Crippen LogP) is 4.12. The average molecular weight is 243 g/mol. The Bertz CT molecular complexity index is 195. The summed E-state index contributed by atoms with van der Waals surface area (Å²) in [4.78, 5) is 0. The van der Waals surface area contributed by atoms with Gasteiger partial charge in [0.2, 0.25) is 0 Å². The smallest absolute Gasteiger partial charge is 0.103 e. The van der Waals surface area contributed by atoms with Gasteiger partial charge in [-0.1, -0.05) is 70.4 Å². The minimum Gasteiger partial charge on any atom is -0.411 e.